The van der Waals surface area contributed by atoms with Gasteiger partial charge in [-0.05, 0) is 60.8 Å². The van der Waals surface area contributed by atoms with Crippen LogP contribution >= 0.6 is 8.58 Å². The van der Waals surface area contributed by atoms with Gasteiger partial charge in [0.25, 0.3) is 0 Å². The van der Waals surface area contributed by atoms with Crippen molar-refractivity contribution < 1.29 is 4.74 Å². The molecule has 3 rings (SSSR count). The van der Waals surface area contributed by atoms with Crippen molar-refractivity contribution in [2.24, 2.45) is 11.8 Å². The Kier molecular flexibility index (Phi) is 8.21. The highest BCUT2D eigenvalue weighted by Gasteiger charge is 2.28. The van der Waals surface area contributed by atoms with E-state index in [1.54, 1.807) is 0 Å². The molecule has 2 aromatic carbocycles. The highest BCUT2D eigenvalue weighted by Crippen LogP contribution is 2.34. The molecular weight excluding hydrogens is 347 g/mol. The normalized spacial score (nSPS) is 17.9. The Morgan fingerprint density at radius 3 is 2.30 bits per heavy atom. The Bertz CT molecular complexity index is 646. The van der Waals surface area contributed by atoms with E-state index in [-0.39, 0.29) is 0 Å². The van der Waals surface area contributed by atoms with Crippen molar-refractivity contribution in [3.05, 3.63) is 65.7 Å². The molecule has 2 aromatic rings. The molecule has 1 nitrogen and oxygen atoms in total. The lowest BCUT2D eigenvalue weighted by atomic mass is 9.77. The van der Waals surface area contributed by atoms with Crippen molar-refractivity contribution in [3.8, 4) is 5.75 Å². The van der Waals surface area contributed by atoms with Gasteiger partial charge in [-0.15, -0.1) is 8.58 Å². The van der Waals surface area contributed by atoms with Crippen LogP contribution in [0, 0.1) is 11.8 Å². The largest absolute Gasteiger partial charge is 0.490 e. The van der Waals surface area contributed by atoms with Gasteiger partial charge in [0.2, 0.25) is 0 Å². The molecule has 3 atom stereocenters. The fourth-order valence-corrected chi connectivity index (χ4v) is 5.05. The van der Waals surface area contributed by atoms with Crippen molar-refractivity contribution in [1.29, 1.82) is 0 Å². The summed E-state index contributed by atoms with van der Waals surface area (Å²) in [5.74, 6) is 2.48. The number of aryl methyl sites for hydroxylation is 1. The number of hydrogen-bond donors (Lipinski definition) is 0. The Balaban J connectivity index is 1.67. The first-order valence-corrected chi connectivity index (χ1v) is 12.4. The van der Waals surface area contributed by atoms with Gasteiger partial charge >= 0.3 is 0 Å². The minimum Gasteiger partial charge on any atom is -0.490 e. The van der Waals surface area contributed by atoms with Crippen LogP contribution in [0.4, 0.5) is 0 Å². The number of rotatable bonds is 9. The zero-order valence-electron chi connectivity index (χ0n) is 17.0. The zero-order valence-corrected chi connectivity index (χ0v) is 18.0. The predicted molar refractivity (Wildman–Crippen MR) is 119 cm³/mol. The van der Waals surface area contributed by atoms with E-state index in [0.717, 1.165) is 33.1 Å². The maximum atomic E-state index is 6.59. The Labute approximate surface area is 167 Å². The first-order chi connectivity index (χ1) is 13.3. The molecule has 3 unspecified atom stereocenters. The molecule has 1 fully saturated rings. The molecule has 1 aliphatic rings. The number of ether oxygens (including phenoxy) is 1. The van der Waals surface area contributed by atoms with Crippen LogP contribution in [0.5, 0.6) is 5.75 Å². The quantitative estimate of drug-likeness (QED) is 0.421. The first kappa shape index (κ1) is 20.4. The average molecular weight is 383 g/mol. The third kappa shape index (κ3) is 6.35. The van der Waals surface area contributed by atoms with Crippen molar-refractivity contribution >= 4 is 8.58 Å². The van der Waals surface area contributed by atoms with Crippen LogP contribution < -0.4 is 4.74 Å². The molecule has 0 bridgehead atoms. The summed E-state index contributed by atoms with van der Waals surface area (Å²) in [6.45, 7) is 4.69. The molecule has 146 valence electrons. The average Bonchev–Trinajstić information content (AvgIpc) is 2.73. The van der Waals surface area contributed by atoms with Gasteiger partial charge in [-0.25, -0.2) is 0 Å². The van der Waals surface area contributed by atoms with Gasteiger partial charge in [-0.3, -0.25) is 0 Å². The van der Waals surface area contributed by atoms with E-state index in [1.165, 1.54) is 49.4 Å². The number of hydrogen-bond acceptors (Lipinski definition) is 1. The van der Waals surface area contributed by atoms with Crippen LogP contribution in [0.15, 0.2) is 54.6 Å². The maximum absolute atomic E-state index is 6.59. The van der Waals surface area contributed by atoms with E-state index >= 15 is 0 Å². The highest BCUT2D eigenvalue weighted by atomic mass is 31.1. The summed E-state index contributed by atoms with van der Waals surface area (Å²) < 4.78 is 6.59. The van der Waals surface area contributed by atoms with Gasteiger partial charge in [0.05, 0.1) is 0 Å². The van der Waals surface area contributed by atoms with E-state index < -0.39 is 0 Å². The van der Waals surface area contributed by atoms with Gasteiger partial charge < -0.3 is 4.74 Å². The fraction of sp³-hybridized carbons (Fsp3) is 0.520. The van der Waals surface area contributed by atoms with Crippen molar-refractivity contribution in [2.75, 3.05) is 6.66 Å². The second-order valence-corrected chi connectivity index (χ2v) is 9.17. The Morgan fingerprint density at radius 2 is 1.63 bits per heavy atom. The highest BCUT2D eigenvalue weighted by molar-refractivity contribution is 7.36. The van der Waals surface area contributed by atoms with E-state index in [4.69, 9.17) is 4.74 Å². The molecule has 1 saturated carbocycles. The monoisotopic (exact) mass is 382 g/mol. The summed E-state index contributed by atoms with van der Waals surface area (Å²) in [7, 11) is 0.970. The molecule has 2 heteroatoms. The zero-order chi connectivity index (χ0) is 18.9. The lowest BCUT2D eigenvalue weighted by Crippen LogP contribution is -2.32. The van der Waals surface area contributed by atoms with Crippen molar-refractivity contribution in [3.63, 3.8) is 0 Å². The minimum absolute atomic E-state index is 0.298. The molecule has 27 heavy (non-hydrogen) atoms. The summed E-state index contributed by atoms with van der Waals surface area (Å²) in [6, 6.07) is 19.7. The molecule has 0 heterocycles. The SMILES string of the molecule is CPCc1ccc(OC(CCc2ccccc2)C(C)C2CCCCC2)cc1. The van der Waals surface area contributed by atoms with Crippen LogP contribution in [-0.2, 0) is 12.6 Å². The molecule has 1 aliphatic carbocycles. The van der Waals surface area contributed by atoms with Crippen molar-refractivity contribution in [2.45, 2.75) is 64.1 Å². The standard InChI is InChI=1S/C25H35OP/c1-20(23-11-7-4-8-12-23)25(18-15-21-9-5-3-6-10-21)26-24-16-13-22(14-17-24)19-27-2/h3,5-6,9-10,13-14,16-17,20,23,25,27H,4,7-8,11-12,15,18-19H2,1-2H3. The smallest absolute Gasteiger partial charge is 0.119 e. The molecule has 0 saturated heterocycles. The third-order valence-electron chi connectivity index (χ3n) is 6.13. The minimum atomic E-state index is 0.298. The molecule has 0 radical (unpaired) electrons. The summed E-state index contributed by atoms with van der Waals surface area (Å²) >= 11 is 0. The Hall–Kier alpha value is -1.33. The summed E-state index contributed by atoms with van der Waals surface area (Å²) in [4.78, 5) is 0. The van der Waals surface area contributed by atoms with E-state index in [0.29, 0.717) is 12.0 Å². The summed E-state index contributed by atoms with van der Waals surface area (Å²) in [5, 5.41) is 0. The van der Waals surface area contributed by atoms with Crippen LogP contribution in [0.25, 0.3) is 0 Å². The van der Waals surface area contributed by atoms with Crippen LogP contribution in [0.2, 0.25) is 0 Å². The lowest BCUT2D eigenvalue weighted by molar-refractivity contribution is 0.0826. The molecule has 0 aliphatic heterocycles. The summed E-state index contributed by atoms with van der Waals surface area (Å²) in [6.07, 6.45) is 10.6. The van der Waals surface area contributed by atoms with Crippen LogP contribution in [0.3, 0.4) is 0 Å². The third-order valence-corrected chi connectivity index (χ3v) is 6.89. The second kappa shape index (κ2) is 10.9. The maximum Gasteiger partial charge on any atom is 0.119 e. The van der Waals surface area contributed by atoms with E-state index in [1.807, 2.05) is 0 Å². The fourth-order valence-electron chi connectivity index (χ4n) is 4.41. The van der Waals surface area contributed by atoms with Gasteiger partial charge in [0.15, 0.2) is 0 Å². The molecular formula is C25H35OP. The van der Waals surface area contributed by atoms with E-state index in [9.17, 15) is 0 Å². The van der Waals surface area contributed by atoms with Crippen LogP contribution in [0.1, 0.15) is 56.6 Å². The molecule has 0 spiro atoms. The predicted octanol–water partition coefficient (Wildman–Crippen LogP) is 7.09. The lowest BCUT2D eigenvalue weighted by Gasteiger charge is -2.34. The molecule has 0 amide bonds. The number of benzene rings is 2. The van der Waals surface area contributed by atoms with E-state index in [2.05, 4.69) is 68.2 Å². The van der Waals surface area contributed by atoms with Crippen molar-refractivity contribution in [1.82, 2.24) is 0 Å². The van der Waals surface area contributed by atoms with Gasteiger partial charge in [-0.2, -0.15) is 0 Å². The molecule has 0 aromatic heterocycles. The topological polar surface area (TPSA) is 9.23 Å². The Morgan fingerprint density at radius 1 is 0.926 bits per heavy atom. The molecule has 0 N–H and O–H groups in total. The van der Waals surface area contributed by atoms with Gasteiger partial charge in [-0.1, -0.05) is 81.5 Å². The van der Waals surface area contributed by atoms with Crippen LogP contribution in [-0.4, -0.2) is 12.8 Å². The first-order valence-electron chi connectivity index (χ1n) is 10.7. The second-order valence-electron chi connectivity index (χ2n) is 8.11. The summed E-state index contributed by atoms with van der Waals surface area (Å²) in [5.41, 5.74) is 2.84. The van der Waals surface area contributed by atoms with Gasteiger partial charge in [0.1, 0.15) is 11.9 Å². The van der Waals surface area contributed by atoms with Gasteiger partial charge in [0, 0.05) is 0 Å².